The Hall–Kier alpha value is -1.88. The number of aliphatic hydroxyl groups excluding tert-OH is 1. The molecule has 0 radical (unpaired) electrons. The number of para-hydroxylation sites is 1. The molecule has 14 heavy (non-hydrogen) atoms. The first kappa shape index (κ1) is 10.2. The van der Waals surface area contributed by atoms with Crippen molar-refractivity contribution in [3.8, 4) is 0 Å². The topological polar surface area (TPSA) is 69.6 Å². The quantitative estimate of drug-likeness (QED) is 0.537. The van der Waals surface area contributed by atoms with Gasteiger partial charge in [-0.15, -0.1) is 0 Å². The van der Waals surface area contributed by atoms with Crippen molar-refractivity contribution in [2.24, 2.45) is 0 Å². The SMILES string of the molecule is O=CN(C(=O)NCO)c1ccccc1. The maximum Gasteiger partial charge on any atom is 0.330 e. The van der Waals surface area contributed by atoms with Crippen LogP contribution in [0.2, 0.25) is 0 Å². The summed E-state index contributed by atoms with van der Waals surface area (Å²) in [4.78, 5) is 22.7. The zero-order valence-corrected chi connectivity index (χ0v) is 7.38. The third-order valence-corrected chi connectivity index (χ3v) is 1.59. The average molecular weight is 194 g/mol. The van der Waals surface area contributed by atoms with E-state index in [-0.39, 0.29) is 0 Å². The highest BCUT2D eigenvalue weighted by atomic mass is 16.3. The number of amides is 3. The van der Waals surface area contributed by atoms with E-state index in [0.717, 1.165) is 4.90 Å². The molecule has 0 heterocycles. The van der Waals surface area contributed by atoms with Crippen molar-refractivity contribution in [3.05, 3.63) is 30.3 Å². The fourth-order valence-electron chi connectivity index (χ4n) is 0.967. The Bertz CT molecular complexity index is 313. The lowest BCUT2D eigenvalue weighted by molar-refractivity contribution is -0.106. The minimum atomic E-state index is -0.659. The smallest absolute Gasteiger partial charge is 0.330 e. The number of carbonyl (C=O) groups is 2. The van der Waals surface area contributed by atoms with Crippen molar-refractivity contribution in [2.75, 3.05) is 11.6 Å². The van der Waals surface area contributed by atoms with E-state index in [1.54, 1.807) is 30.3 Å². The molecule has 5 heteroatoms. The van der Waals surface area contributed by atoms with Gasteiger partial charge in [-0.3, -0.25) is 4.79 Å². The van der Waals surface area contributed by atoms with E-state index in [1.807, 2.05) is 0 Å². The van der Waals surface area contributed by atoms with Crippen LogP contribution < -0.4 is 10.2 Å². The Labute approximate surface area is 81.0 Å². The van der Waals surface area contributed by atoms with Gasteiger partial charge in [0.05, 0.1) is 5.69 Å². The highest BCUT2D eigenvalue weighted by molar-refractivity contribution is 6.05. The third kappa shape index (κ3) is 2.30. The molecule has 0 fully saturated rings. The largest absolute Gasteiger partial charge is 0.376 e. The molecule has 1 aromatic carbocycles. The van der Waals surface area contributed by atoms with Crippen molar-refractivity contribution in [3.63, 3.8) is 0 Å². The second-order valence-corrected chi connectivity index (χ2v) is 2.45. The molecule has 2 N–H and O–H groups in total. The minimum Gasteiger partial charge on any atom is -0.376 e. The minimum absolute atomic E-state index is 0.389. The van der Waals surface area contributed by atoms with Gasteiger partial charge in [0.25, 0.3) is 0 Å². The van der Waals surface area contributed by atoms with Crippen LogP contribution in [0.4, 0.5) is 10.5 Å². The highest BCUT2D eigenvalue weighted by Gasteiger charge is 2.12. The van der Waals surface area contributed by atoms with Crippen LogP contribution in [0.3, 0.4) is 0 Å². The molecule has 0 aliphatic rings. The molecule has 74 valence electrons. The number of carbonyl (C=O) groups excluding carboxylic acids is 2. The Morgan fingerprint density at radius 3 is 2.57 bits per heavy atom. The van der Waals surface area contributed by atoms with E-state index in [4.69, 9.17) is 5.11 Å². The summed E-state index contributed by atoms with van der Waals surface area (Å²) in [6.07, 6.45) is 0.389. The molecule has 1 rings (SSSR count). The summed E-state index contributed by atoms with van der Waals surface area (Å²) < 4.78 is 0. The predicted octanol–water partition coefficient (Wildman–Crippen LogP) is 0.309. The average Bonchev–Trinajstić information content (AvgIpc) is 2.21. The number of hydrogen-bond donors (Lipinski definition) is 2. The van der Waals surface area contributed by atoms with Crippen LogP contribution in [-0.4, -0.2) is 24.3 Å². The van der Waals surface area contributed by atoms with Gasteiger partial charge in [0.2, 0.25) is 6.41 Å². The fourth-order valence-corrected chi connectivity index (χ4v) is 0.967. The van der Waals surface area contributed by atoms with E-state index in [9.17, 15) is 9.59 Å². The Kier molecular flexibility index (Phi) is 3.63. The number of benzene rings is 1. The number of aliphatic hydroxyl groups is 1. The molecular weight excluding hydrogens is 184 g/mol. The molecule has 0 saturated carbocycles. The third-order valence-electron chi connectivity index (χ3n) is 1.59. The van der Waals surface area contributed by atoms with Crippen LogP contribution in [0.5, 0.6) is 0 Å². The van der Waals surface area contributed by atoms with Gasteiger partial charge in [-0.25, -0.2) is 9.69 Å². The molecule has 0 unspecified atom stereocenters. The number of nitrogens with zero attached hydrogens (tertiary/aromatic N) is 1. The first-order chi connectivity index (χ1) is 6.79. The van der Waals surface area contributed by atoms with Crippen LogP contribution >= 0.6 is 0 Å². The molecule has 5 nitrogen and oxygen atoms in total. The Balaban J connectivity index is 2.82. The summed E-state index contributed by atoms with van der Waals surface area (Å²) >= 11 is 0. The van der Waals surface area contributed by atoms with E-state index in [1.165, 1.54) is 0 Å². The monoisotopic (exact) mass is 194 g/mol. The Morgan fingerprint density at radius 1 is 1.43 bits per heavy atom. The number of anilines is 1. The van der Waals surface area contributed by atoms with Gasteiger partial charge < -0.3 is 10.4 Å². The van der Waals surface area contributed by atoms with Gasteiger partial charge >= 0.3 is 6.03 Å². The number of hydrogen-bond acceptors (Lipinski definition) is 3. The van der Waals surface area contributed by atoms with Crippen molar-refractivity contribution in [1.82, 2.24) is 5.32 Å². The van der Waals surface area contributed by atoms with Gasteiger partial charge in [-0.05, 0) is 12.1 Å². The second kappa shape index (κ2) is 4.98. The molecule has 0 bridgehead atoms. The summed E-state index contributed by atoms with van der Waals surface area (Å²) in [7, 11) is 0. The van der Waals surface area contributed by atoms with Crippen LogP contribution in [0.25, 0.3) is 0 Å². The molecule has 0 saturated heterocycles. The van der Waals surface area contributed by atoms with Crippen LogP contribution in [0, 0.1) is 0 Å². The van der Waals surface area contributed by atoms with E-state index < -0.39 is 12.8 Å². The maximum atomic E-state index is 11.2. The van der Waals surface area contributed by atoms with Crippen LogP contribution in [0.1, 0.15) is 0 Å². The number of imide groups is 1. The summed E-state index contributed by atoms with van der Waals surface area (Å²) in [6.45, 7) is -0.504. The maximum absolute atomic E-state index is 11.2. The van der Waals surface area contributed by atoms with E-state index in [0.29, 0.717) is 12.1 Å². The van der Waals surface area contributed by atoms with Crippen molar-refractivity contribution >= 4 is 18.1 Å². The summed E-state index contributed by atoms with van der Waals surface area (Å²) in [6, 6.07) is 7.76. The molecule has 0 aromatic heterocycles. The molecular formula is C9H10N2O3. The van der Waals surface area contributed by atoms with Crippen LogP contribution in [0.15, 0.2) is 30.3 Å². The van der Waals surface area contributed by atoms with Crippen molar-refractivity contribution in [2.45, 2.75) is 0 Å². The van der Waals surface area contributed by atoms with E-state index >= 15 is 0 Å². The molecule has 1 aromatic rings. The molecule has 0 atom stereocenters. The zero-order valence-electron chi connectivity index (χ0n) is 7.38. The fraction of sp³-hybridized carbons (Fsp3) is 0.111. The Morgan fingerprint density at radius 2 is 2.07 bits per heavy atom. The lowest BCUT2D eigenvalue weighted by atomic mass is 10.3. The summed E-state index contributed by atoms with van der Waals surface area (Å²) in [5.74, 6) is 0. The molecule has 0 spiro atoms. The normalized spacial score (nSPS) is 9.21. The number of nitrogens with one attached hydrogen (secondary N) is 1. The van der Waals surface area contributed by atoms with Gasteiger partial charge in [-0.2, -0.15) is 0 Å². The lowest BCUT2D eigenvalue weighted by Gasteiger charge is -2.14. The van der Waals surface area contributed by atoms with Gasteiger partial charge in [-0.1, -0.05) is 18.2 Å². The lowest BCUT2D eigenvalue weighted by Crippen LogP contribution is -2.39. The van der Waals surface area contributed by atoms with Gasteiger partial charge in [0.15, 0.2) is 0 Å². The zero-order chi connectivity index (χ0) is 10.4. The highest BCUT2D eigenvalue weighted by Crippen LogP contribution is 2.10. The van der Waals surface area contributed by atoms with E-state index in [2.05, 4.69) is 5.32 Å². The van der Waals surface area contributed by atoms with Gasteiger partial charge in [0.1, 0.15) is 6.73 Å². The standard InChI is InChI=1S/C9H10N2O3/c12-6-10-9(14)11(7-13)8-4-2-1-3-5-8/h1-5,7,12H,6H2,(H,10,14). The van der Waals surface area contributed by atoms with Crippen molar-refractivity contribution in [1.29, 1.82) is 0 Å². The summed E-state index contributed by atoms with van der Waals surface area (Å²) in [5.41, 5.74) is 0.452. The molecule has 0 aliphatic carbocycles. The first-order valence-corrected chi connectivity index (χ1v) is 3.98. The molecule has 3 amide bonds. The van der Waals surface area contributed by atoms with Crippen molar-refractivity contribution < 1.29 is 14.7 Å². The first-order valence-electron chi connectivity index (χ1n) is 3.98. The number of rotatable bonds is 3. The van der Waals surface area contributed by atoms with Gasteiger partial charge in [0, 0.05) is 0 Å². The number of urea groups is 1. The second-order valence-electron chi connectivity index (χ2n) is 2.45. The van der Waals surface area contributed by atoms with Crippen LogP contribution in [-0.2, 0) is 4.79 Å². The predicted molar refractivity (Wildman–Crippen MR) is 50.6 cm³/mol. The summed E-state index contributed by atoms with van der Waals surface area (Å²) in [5, 5.41) is 10.6. The molecule has 0 aliphatic heterocycles.